The molecule has 2 nitrogen and oxygen atoms in total. The average molecular weight is 415 g/mol. The quantitative estimate of drug-likeness (QED) is 0.407. The zero-order valence-electron chi connectivity index (χ0n) is 19.7. The molecule has 1 saturated carbocycles. The summed E-state index contributed by atoms with van der Waals surface area (Å²) in [5, 5.41) is 3.50. The molecule has 0 saturated heterocycles. The van der Waals surface area contributed by atoms with Crippen molar-refractivity contribution in [2.24, 2.45) is 5.92 Å². The van der Waals surface area contributed by atoms with Gasteiger partial charge in [-0.3, -0.25) is 0 Å². The molecule has 1 aromatic rings. The highest BCUT2D eigenvalue weighted by Gasteiger charge is 2.44. The molecule has 1 aromatic carbocycles. The van der Waals surface area contributed by atoms with Gasteiger partial charge in [0.2, 0.25) is 0 Å². The van der Waals surface area contributed by atoms with Crippen molar-refractivity contribution in [3.63, 3.8) is 0 Å². The molecule has 0 aromatic heterocycles. The maximum atomic E-state index is 4.28. The molecule has 1 N–H and O–H groups in total. The Bertz CT molecular complexity index is 920. The topological polar surface area (TPSA) is 15.3 Å². The van der Waals surface area contributed by atoms with Crippen molar-refractivity contribution >= 4 is 11.3 Å². The predicted octanol–water partition coefficient (Wildman–Crippen LogP) is 7.21. The van der Waals surface area contributed by atoms with E-state index in [1.807, 2.05) is 19.9 Å². The Morgan fingerprint density at radius 1 is 1.23 bits per heavy atom. The number of benzene rings is 1. The third-order valence-electron chi connectivity index (χ3n) is 6.88. The Morgan fingerprint density at radius 2 is 1.94 bits per heavy atom. The lowest BCUT2D eigenvalue weighted by Gasteiger charge is -2.29. The largest absolute Gasteiger partial charge is 0.384 e. The van der Waals surface area contributed by atoms with Crippen LogP contribution in [0.3, 0.4) is 0 Å². The van der Waals surface area contributed by atoms with Gasteiger partial charge in [0.1, 0.15) is 0 Å². The first-order valence-electron chi connectivity index (χ1n) is 11.5. The summed E-state index contributed by atoms with van der Waals surface area (Å²) in [6, 6.07) is 9.05. The molecular formula is C29H38N2. The Labute approximate surface area is 189 Å². The van der Waals surface area contributed by atoms with E-state index in [1.54, 1.807) is 0 Å². The van der Waals surface area contributed by atoms with Gasteiger partial charge in [-0.15, -0.1) is 0 Å². The molecule has 2 heteroatoms. The second-order valence-corrected chi connectivity index (χ2v) is 8.92. The summed E-state index contributed by atoms with van der Waals surface area (Å²) in [5.74, 6) is 0.321. The van der Waals surface area contributed by atoms with Crippen molar-refractivity contribution in [3.05, 3.63) is 96.3 Å². The first-order valence-corrected chi connectivity index (χ1v) is 11.5. The van der Waals surface area contributed by atoms with Gasteiger partial charge in [0.15, 0.2) is 0 Å². The zero-order valence-corrected chi connectivity index (χ0v) is 19.7. The van der Waals surface area contributed by atoms with Crippen LogP contribution in [0.4, 0.5) is 5.69 Å². The van der Waals surface area contributed by atoms with Crippen LogP contribution >= 0.6 is 0 Å². The van der Waals surface area contributed by atoms with E-state index in [0.29, 0.717) is 11.5 Å². The second kappa shape index (κ2) is 10.0. The van der Waals surface area contributed by atoms with E-state index < -0.39 is 0 Å². The van der Waals surface area contributed by atoms with E-state index in [0.717, 1.165) is 24.2 Å². The van der Waals surface area contributed by atoms with E-state index >= 15 is 0 Å². The second-order valence-electron chi connectivity index (χ2n) is 8.92. The van der Waals surface area contributed by atoms with Gasteiger partial charge in [-0.05, 0) is 68.4 Å². The summed E-state index contributed by atoms with van der Waals surface area (Å²) in [7, 11) is 2.24. The predicted molar refractivity (Wildman–Crippen MR) is 137 cm³/mol. The van der Waals surface area contributed by atoms with Gasteiger partial charge in [0.05, 0.1) is 0 Å². The Morgan fingerprint density at radius 3 is 2.45 bits per heavy atom. The normalized spacial score (nSPS) is 19.8. The highest BCUT2D eigenvalue weighted by atomic mass is 15.2. The van der Waals surface area contributed by atoms with Crippen LogP contribution in [0.25, 0.3) is 5.57 Å². The molecule has 2 aliphatic carbocycles. The zero-order chi connectivity index (χ0) is 22.4. The highest BCUT2D eigenvalue weighted by Crippen LogP contribution is 2.45. The standard InChI is InChI=1S/C29H38N2/c1-7-9-10-27(22(3)4)21-30-23(5)24-11-13-25(14-12-24)26-15-17-28(18-16-26)31(6)29(8-2)19-20-29/h7,9-11,13-18,24,30H,3,5,8,12,19-21H2,1-2,4,6H3/b9-7-,27-10-. The smallest absolute Gasteiger partial charge is 0.0400 e. The molecule has 0 heterocycles. The summed E-state index contributed by atoms with van der Waals surface area (Å²) in [6.07, 6.45) is 17.9. The molecule has 0 aliphatic heterocycles. The van der Waals surface area contributed by atoms with Crippen LogP contribution in [0.15, 0.2) is 90.7 Å². The minimum Gasteiger partial charge on any atom is -0.384 e. The fourth-order valence-electron chi connectivity index (χ4n) is 4.22. The minimum atomic E-state index is 0.321. The number of hydrogen-bond donors (Lipinski definition) is 1. The third-order valence-corrected chi connectivity index (χ3v) is 6.88. The number of hydrogen-bond acceptors (Lipinski definition) is 2. The van der Waals surface area contributed by atoms with E-state index in [-0.39, 0.29) is 0 Å². The Hall–Kier alpha value is -2.74. The SMILES string of the molecule is C=C(C)/C(=C\C=C/C)CNC(=C)C1C=CC(c2ccc(N(C)C3(CC)CC3)cc2)=CC1. The average Bonchev–Trinajstić information content (AvgIpc) is 3.60. The number of anilines is 1. The lowest BCUT2D eigenvalue weighted by molar-refractivity contribution is 0.604. The maximum Gasteiger partial charge on any atom is 0.0400 e. The van der Waals surface area contributed by atoms with Gasteiger partial charge in [-0.2, -0.15) is 0 Å². The van der Waals surface area contributed by atoms with Crippen molar-refractivity contribution in [1.29, 1.82) is 0 Å². The summed E-state index contributed by atoms with van der Waals surface area (Å²) in [6.45, 7) is 15.5. The number of allylic oxidation sites excluding steroid dienone is 7. The maximum absolute atomic E-state index is 4.28. The van der Waals surface area contributed by atoms with Crippen LogP contribution in [-0.4, -0.2) is 19.1 Å². The molecule has 1 atom stereocenters. The van der Waals surface area contributed by atoms with Crippen molar-refractivity contribution in [2.75, 3.05) is 18.5 Å². The van der Waals surface area contributed by atoms with Gasteiger partial charge in [-0.1, -0.05) is 74.2 Å². The van der Waals surface area contributed by atoms with Crippen molar-refractivity contribution in [2.45, 2.75) is 52.0 Å². The molecule has 1 unspecified atom stereocenters. The Kier molecular flexibility index (Phi) is 7.43. The van der Waals surface area contributed by atoms with Gasteiger partial charge in [0, 0.05) is 36.4 Å². The summed E-state index contributed by atoms with van der Waals surface area (Å²) < 4.78 is 0. The summed E-state index contributed by atoms with van der Waals surface area (Å²) in [5.41, 5.74) is 7.65. The van der Waals surface area contributed by atoms with Crippen LogP contribution < -0.4 is 10.2 Å². The molecule has 164 valence electrons. The van der Waals surface area contributed by atoms with Crippen molar-refractivity contribution in [1.82, 2.24) is 5.32 Å². The molecule has 0 radical (unpaired) electrons. The van der Waals surface area contributed by atoms with E-state index in [2.05, 4.69) is 92.0 Å². The fourth-order valence-corrected chi connectivity index (χ4v) is 4.22. The number of nitrogens with zero attached hydrogens (tertiary/aromatic N) is 1. The molecular weight excluding hydrogens is 376 g/mol. The van der Waals surface area contributed by atoms with Crippen LogP contribution in [0.1, 0.15) is 52.0 Å². The van der Waals surface area contributed by atoms with Crippen LogP contribution in [-0.2, 0) is 0 Å². The molecule has 1 fully saturated rings. The van der Waals surface area contributed by atoms with E-state index in [1.165, 1.54) is 41.7 Å². The number of nitrogens with one attached hydrogen (secondary N) is 1. The Balaban J connectivity index is 1.57. The highest BCUT2D eigenvalue weighted by molar-refractivity contribution is 5.76. The van der Waals surface area contributed by atoms with Crippen molar-refractivity contribution in [3.8, 4) is 0 Å². The van der Waals surface area contributed by atoms with Crippen LogP contribution in [0, 0.1) is 5.92 Å². The molecule has 0 bridgehead atoms. The fraction of sp³-hybridized carbons (Fsp3) is 0.379. The molecule has 0 amide bonds. The summed E-state index contributed by atoms with van der Waals surface area (Å²) in [4.78, 5) is 2.47. The third kappa shape index (κ3) is 5.50. The molecule has 3 rings (SSSR count). The van der Waals surface area contributed by atoms with Crippen LogP contribution in [0.2, 0.25) is 0 Å². The minimum absolute atomic E-state index is 0.321. The first kappa shape index (κ1) is 22.9. The molecule has 2 aliphatic rings. The molecule has 0 spiro atoms. The van der Waals surface area contributed by atoms with E-state index in [9.17, 15) is 0 Å². The van der Waals surface area contributed by atoms with Gasteiger partial charge >= 0.3 is 0 Å². The lowest BCUT2D eigenvalue weighted by Crippen LogP contribution is -2.32. The van der Waals surface area contributed by atoms with Crippen molar-refractivity contribution < 1.29 is 0 Å². The summed E-state index contributed by atoms with van der Waals surface area (Å²) >= 11 is 0. The monoisotopic (exact) mass is 414 g/mol. The van der Waals surface area contributed by atoms with Crippen LogP contribution in [0.5, 0.6) is 0 Å². The van der Waals surface area contributed by atoms with Gasteiger partial charge in [0.25, 0.3) is 0 Å². The van der Waals surface area contributed by atoms with Gasteiger partial charge in [-0.25, -0.2) is 0 Å². The van der Waals surface area contributed by atoms with E-state index in [4.69, 9.17) is 0 Å². The van der Waals surface area contributed by atoms with Gasteiger partial charge < -0.3 is 10.2 Å². The first-order chi connectivity index (χ1) is 14.9. The lowest BCUT2D eigenvalue weighted by atomic mass is 9.91. The molecule has 31 heavy (non-hydrogen) atoms. The number of rotatable bonds is 10.